The first kappa shape index (κ1) is 10.8. The Bertz CT molecular complexity index is 453. The second kappa shape index (κ2) is 4.04. The van der Waals surface area contributed by atoms with E-state index in [1.807, 2.05) is 23.0 Å². The summed E-state index contributed by atoms with van der Waals surface area (Å²) < 4.78 is 1.88. The molecule has 0 aliphatic heterocycles. The third-order valence-electron chi connectivity index (χ3n) is 2.13. The average molecular weight is 216 g/mol. The number of hydrogen-bond acceptors (Lipinski definition) is 3. The summed E-state index contributed by atoms with van der Waals surface area (Å²) in [6.07, 6.45) is 5.51. The fraction of sp³-hybridized carbons (Fsp3) is 0.417. The Morgan fingerprint density at radius 1 is 1.31 bits per heavy atom. The van der Waals surface area contributed by atoms with Crippen molar-refractivity contribution in [2.24, 2.45) is 5.41 Å². The average Bonchev–Trinajstić information content (AvgIpc) is 2.65. The van der Waals surface area contributed by atoms with Crippen LogP contribution in [-0.4, -0.2) is 20.0 Å². The van der Waals surface area contributed by atoms with Crippen LogP contribution in [0.15, 0.2) is 30.7 Å². The molecule has 0 amide bonds. The van der Waals surface area contributed by atoms with Crippen LogP contribution in [0.1, 0.15) is 20.8 Å². The van der Waals surface area contributed by atoms with Gasteiger partial charge in [-0.3, -0.25) is 9.67 Å². The lowest BCUT2D eigenvalue weighted by molar-refractivity contribution is 0.321. The summed E-state index contributed by atoms with van der Waals surface area (Å²) in [5.41, 5.74) is 2.08. The molecule has 0 atom stereocenters. The molecule has 0 fully saturated rings. The van der Waals surface area contributed by atoms with Crippen molar-refractivity contribution < 1.29 is 0 Å². The highest BCUT2D eigenvalue weighted by Crippen LogP contribution is 2.18. The Morgan fingerprint density at radius 3 is 2.75 bits per heavy atom. The predicted molar refractivity (Wildman–Crippen MR) is 62.7 cm³/mol. The summed E-state index contributed by atoms with van der Waals surface area (Å²) in [6.45, 7) is 7.40. The highest BCUT2D eigenvalue weighted by Gasteiger charge is 2.12. The molecule has 0 N–H and O–H groups in total. The van der Waals surface area contributed by atoms with Crippen LogP contribution in [0.2, 0.25) is 0 Å². The molecule has 4 nitrogen and oxygen atoms in total. The van der Waals surface area contributed by atoms with E-state index >= 15 is 0 Å². The molecule has 16 heavy (non-hydrogen) atoms. The van der Waals surface area contributed by atoms with Crippen LogP contribution < -0.4 is 0 Å². The van der Waals surface area contributed by atoms with Crippen molar-refractivity contribution >= 4 is 0 Å². The zero-order valence-corrected chi connectivity index (χ0v) is 9.88. The van der Waals surface area contributed by atoms with Crippen molar-refractivity contribution in [2.45, 2.75) is 27.3 Å². The number of pyridine rings is 1. The Balaban J connectivity index is 2.21. The molecule has 0 unspecified atom stereocenters. The van der Waals surface area contributed by atoms with Gasteiger partial charge in [0.1, 0.15) is 5.69 Å². The quantitative estimate of drug-likeness (QED) is 0.774. The zero-order valence-electron chi connectivity index (χ0n) is 9.88. The summed E-state index contributed by atoms with van der Waals surface area (Å²) in [4.78, 5) is 4.07. The van der Waals surface area contributed by atoms with Crippen LogP contribution in [-0.2, 0) is 6.54 Å². The van der Waals surface area contributed by atoms with Crippen LogP contribution >= 0.6 is 0 Å². The fourth-order valence-corrected chi connectivity index (χ4v) is 1.51. The maximum absolute atomic E-state index is 4.14. The van der Waals surface area contributed by atoms with Crippen molar-refractivity contribution in [3.05, 3.63) is 30.7 Å². The van der Waals surface area contributed by atoms with E-state index in [-0.39, 0.29) is 5.41 Å². The largest absolute Gasteiger partial charge is 0.264 e. The van der Waals surface area contributed by atoms with Gasteiger partial charge in [0.05, 0.1) is 6.20 Å². The minimum Gasteiger partial charge on any atom is -0.264 e. The molecule has 2 aromatic rings. The lowest BCUT2D eigenvalue weighted by Gasteiger charge is -2.16. The van der Waals surface area contributed by atoms with E-state index < -0.39 is 0 Å². The molecule has 2 aromatic heterocycles. The summed E-state index contributed by atoms with van der Waals surface area (Å²) in [6, 6.07) is 3.89. The molecule has 0 aromatic carbocycles. The second-order valence-electron chi connectivity index (χ2n) is 5.10. The first-order chi connectivity index (χ1) is 7.54. The Labute approximate surface area is 95.3 Å². The van der Waals surface area contributed by atoms with Crippen LogP contribution in [0.5, 0.6) is 0 Å². The number of nitrogens with zero attached hydrogens (tertiary/aromatic N) is 4. The van der Waals surface area contributed by atoms with E-state index in [2.05, 4.69) is 36.1 Å². The SMILES string of the molecule is CC(C)(C)Cn1cc(-c2cccnc2)nn1. The van der Waals surface area contributed by atoms with E-state index in [1.165, 1.54) is 0 Å². The Kier molecular flexibility index (Phi) is 2.73. The maximum atomic E-state index is 4.14. The Morgan fingerprint density at radius 2 is 2.12 bits per heavy atom. The molecule has 2 heterocycles. The predicted octanol–water partition coefficient (Wildman–Crippen LogP) is 2.39. The van der Waals surface area contributed by atoms with Gasteiger partial charge in [0, 0.05) is 24.5 Å². The van der Waals surface area contributed by atoms with Gasteiger partial charge in [-0.1, -0.05) is 26.0 Å². The van der Waals surface area contributed by atoms with Crippen LogP contribution in [0.25, 0.3) is 11.3 Å². The molecule has 0 saturated carbocycles. The van der Waals surface area contributed by atoms with E-state index in [9.17, 15) is 0 Å². The van der Waals surface area contributed by atoms with Gasteiger partial charge in [-0.05, 0) is 17.5 Å². The lowest BCUT2D eigenvalue weighted by atomic mass is 9.97. The minimum absolute atomic E-state index is 0.208. The van der Waals surface area contributed by atoms with Crippen molar-refractivity contribution in [3.63, 3.8) is 0 Å². The van der Waals surface area contributed by atoms with Crippen molar-refractivity contribution in [1.29, 1.82) is 0 Å². The topological polar surface area (TPSA) is 43.6 Å². The molecule has 0 aliphatic rings. The van der Waals surface area contributed by atoms with Crippen molar-refractivity contribution in [1.82, 2.24) is 20.0 Å². The van der Waals surface area contributed by atoms with Crippen molar-refractivity contribution in [3.8, 4) is 11.3 Å². The first-order valence-electron chi connectivity index (χ1n) is 5.35. The highest BCUT2D eigenvalue weighted by atomic mass is 15.4. The van der Waals surface area contributed by atoms with Gasteiger partial charge < -0.3 is 0 Å². The normalized spacial score (nSPS) is 11.7. The smallest absolute Gasteiger partial charge is 0.114 e. The van der Waals surface area contributed by atoms with Gasteiger partial charge in [-0.25, -0.2) is 0 Å². The first-order valence-corrected chi connectivity index (χ1v) is 5.35. The zero-order chi connectivity index (χ0) is 11.6. The molecule has 0 aliphatic carbocycles. The second-order valence-corrected chi connectivity index (χ2v) is 5.10. The standard InChI is InChI=1S/C12H16N4/c1-12(2,3)9-16-8-11(14-15-16)10-5-4-6-13-7-10/h4-8H,9H2,1-3H3. The number of rotatable bonds is 2. The molecular weight excluding hydrogens is 200 g/mol. The van der Waals surface area contributed by atoms with Crippen LogP contribution in [0.4, 0.5) is 0 Å². The maximum Gasteiger partial charge on any atom is 0.114 e. The highest BCUT2D eigenvalue weighted by molar-refractivity contribution is 5.55. The van der Waals surface area contributed by atoms with Crippen molar-refractivity contribution in [2.75, 3.05) is 0 Å². The minimum atomic E-state index is 0.208. The van der Waals surface area contributed by atoms with Gasteiger partial charge in [0.2, 0.25) is 0 Å². The third kappa shape index (κ3) is 2.66. The third-order valence-corrected chi connectivity index (χ3v) is 2.13. The van der Waals surface area contributed by atoms with Gasteiger partial charge in [-0.15, -0.1) is 5.10 Å². The lowest BCUT2D eigenvalue weighted by Crippen LogP contribution is -2.15. The molecule has 0 spiro atoms. The molecule has 2 rings (SSSR count). The summed E-state index contributed by atoms with van der Waals surface area (Å²) >= 11 is 0. The van der Waals surface area contributed by atoms with Gasteiger partial charge in [0.15, 0.2) is 0 Å². The number of aromatic nitrogens is 4. The monoisotopic (exact) mass is 216 g/mol. The fourth-order valence-electron chi connectivity index (χ4n) is 1.51. The Hall–Kier alpha value is -1.71. The van der Waals surface area contributed by atoms with Gasteiger partial charge in [-0.2, -0.15) is 0 Å². The van der Waals surface area contributed by atoms with E-state index in [0.717, 1.165) is 17.8 Å². The van der Waals surface area contributed by atoms with Gasteiger partial charge >= 0.3 is 0 Å². The molecule has 0 saturated heterocycles. The molecule has 0 radical (unpaired) electrons. The number of hydrogen-bond donors (Lipinski definition) is 0. The van der Waals surface area contributed by atoms with Gasteiger partial charge in [0.25, 0.3) is 0 Å². The summed E-state index contributed by atoms with van der Waals surface area (Å²) in [5, 5.41) is 8.26. The van der Waals surface area contributed by atoms with Crippen LogP contribution in [0, 0.1) is 5.41 Å². The molecule has 0 bridgehead atoms. The molecular formula is C12H16N4. The molecule has 4 heteroatoms. The van der Waals surface area contributed by atoms with E-state index in [0.29, 0.717) is 0 Å². The molecule has 84 valence electrons. The summed E-state index contributed by atoms with van der Waals surface area (Å²) in [5.74, 6) is 0. The summed E-state index contributed by atoms with van der Waals surface area (Å²) in [7, 11) is 0. The van der Waals surface area contributed by atoms with E-state index in [4.69, 9.17) is 0 Å². The van der Waals surface area contributed by atoms with E-state index in [1.54, 1.807) is 12.4 Å². The van der Waals surface area contributed by atoms with Crippen LogP contribution in [0.3, 0.4) is 0 Å².